The second kappa shape index (κ2) is 6.38. The number of nitrogen functional groups attached to an aromatic ring is 1. The van der Waals surface area contributed by atoms with Crippen LogP contribution in [0.4, 0.5) is 11.5 Å². The molecule has 2 aromatic heterocycles. The third kappa shape index (κ3) is 3.71. The number of nitrogens with two attached hydrogens (primary N) is 1. The molecule has 0 saturated carbocycles. The smallest absolute Gasteiger partial charge is 0.224 e. The lowest BCUT2D eigenvalue weighted by atomic mass is 10.2. The number of anilines is 2. The number of halogens is 1. The van der Waals surface area contributed by atoms with E-state index < -0.39 is 0 Å². The molecule has 2 heterocycles. The highest BCUT2D eigenvalue weighted by Gasteiger charge is 2.08. The second-order valence-corrected chi connectivity index (χ2v) is 4.77. The van der Waals surface area contributed by atoms with Crippen molar-refractivity contribution in [2.75, 3.05) is 11.1 Å². The molecule has 0 amide bonds. The Bertz CT molecular complexity index is 591. The van der Waals surface area contributed by atoms with E-state index in [9.17, 15) is 0 Å². The molecular formula is C13H16ClN5O. The van der Waals surface area contributed by atoms with E-state index in [-0.39, 0.29) is 11.4 Å². The van der Waals surface area contributed by atoms with Gasteiger partial charge in [-0.25, -0.2) is 9.97 Å². The van der Waals surface area contributed by atoms with Crippen molar-refractivity contribution in [3.8, 4) is 5.88 Å². The highest BCUT2D eigenvalue weighted by atomic mass is 35.5. The van der Waals surface area contributed by atoms with Crippen LogP contribution < -0.4 is 15.8 Å². The van der Waals surface area contributed by atoms with Crippen molar-refractivity contribution in [3.05, 3.63) is 35.4 Å². The fourth-order valence-corrected chi connectivity index (χ4v) is 1.71. The summed E-state index contributed by atoms with van der Waals surface area (Å²) in [6.45, 7) is 4.38. The van der Waals surface area contributed by atoms with Gasteiger partial charge in [0.1, 0.15) is 0 Å². The van der Waals surface area contributed by atoms with Crippen molar-refractivity contribution in [2.45, 2.75) is 26.5 Å². The van der Waals surface area contributed by atoms with Crippen molar-refractivity contribution >= 4 is 23.1 Å². The Morgan fingerprint density at radius 2 is 2.20 bits per heavy atom. The first-order valence-corrected chi connectivity index (χ1v) is 6.56. The minimum atomic E-state index is 0.0576. The Hall–Kier alpha value is -2.08. The normalized spacial score (nSPS) is 10.6. The molecule has 2 rings (SSSR count). The predicted octanol–water partition coefficient (Wildman–Crippen LogP) is 2.51. The summed E-state index contributed by atoms with van der Waals surface area (Å²) >= 11 is 5.74. The quantitative estimate of drug-likeness (QED) is 0.824. The Balaban J connectivity index is 2.12. The largest absolute Gasteiger partial charge is 0.475 e. The fraction of sp³-hybridized carbons (Fsp3) is 0.308. The van der Waals surface area contributed by atoms with Gasteiger partial charge in [-0.2, -0.15) is 4.98 Å². The van der Waals surface area contributed by atoms with Crippen LogP contribution in [0.5, 0.6) is 5.88 Å². The molecule has 20 heavy (non-hydrogen) atoms. The summed E-state index contributed by atoms with van der Waals surface area (Å²) < 4.78 is 5.65. The summed E-state index contributed by atoms with van der Waals surface area (Å²) in [5.41, 5.74) is 7.13. The summed E-state index contributed by atoms with van der Waals surface area (Å²) in [6.07, 6.45) is 3.21. The number of ether oxygens (including phenoxy) is 1. The second-order valence-electron chi connectivity index (χ2n) is 4.43. The van der Waals surface area contributed by atoms with Gasteiger partial charge in [0.2, 0.25) is 11.2 Å². The van der Waals surface area contributed by atoms with Crippen molar-refractivity contribution in [2.24, 2.45) is 0 Å². The average Bonchev–Trinajstić information content (AvgIpc) is 2.41. The van der Waals surface area contributed by atoms with Gasteiger partial charge in [0.15, 0.2) is 5.82 Å². The zero-order valence-electron chi connectivity index (χ0n) is 11.3. The van der Waals surface area contributed by atoms with Crippen LogP contribution in [0.3, 0.4) is 0 Å². The fourth-order valence-electron chi connectivity index (χ4n) is 1.58. The molecule has 0 atom stereocenters. The van der Waals surface area contributed by atoms with Gasteiger partial charge in [-0.1, -0.05) is 6.07 Å². The van der Waals surface area contributed by atoms with Gasteiger partial charge >= 0.3 is 0 Å². The topological polar surface area (TPSA) is 86.0 Å². The van der Waals surface area contributed by atoms with E-state index in [1.54, 1.807) is 6.20 Å². The van der Waals surface area contributed by atoms with E-state index in [4.69, 9.17) is 22.1 Å². The van der Waals surface area contributed by atoms with Gasteiger partial charge in [0.05, 0.1) is 18.0 Å². The molecule has 0 aliphatic carbocycles. The summed E-state index contributed by atoms with van der Waals surface area (Å²) in [6, 6.07) is 3.78. The third-order valence-corrected chi connectivity index (χ3v) is 2.61. The van der Waals surface area contributed by atoms with Gasteiger partial charge in [-0.15, -0.1) is 0 Å². The molecule has 7 heteroatoms. The molecule has 0 aromatic carbocycles. The molecule has 0 aliphatic rings. The van der Waals surface area contributed by atoms with E-state index in [0.29, 0.717) is 23.9 Å². The molecular weight excluding hydrogens is 278 g/mol. The molecule has 0 radical (unpaired) electrons. The molecule has 0 aliphatic heterocycles. The van der Waals surface area contributed by atoms with Gasteiger partial charge in [-0.3, -0.25) is 0 Å². The molecule has 0 bridgehead atoms. The number of hydrogen-bond acceptors (Lipinski definition) is 6. The van der Waals surface area contributed by atoms with E-state index in [1.165, 1.54) is 6.20 Å². The lowest BCUT2D eigenvalue weighted by Gasteiger charge is -2.14. The SMILES string of the molecule is CC(C)Oc1ncccc1CNc1nc(Cl)ncc1N. The van der Waals surface area contributed by atoms with Crippen LogP contribution in [0.25, 0.3) is 0 Å². The highest BCUT2D eigenvalue weighted by molar-refractivity contribution is 6.28. The maximum Gasteiger partial charge on any atom is 0.224 e. The maximum atomic E-state index is 5.78. The summed E-state index contributed by atoms with van der Waals surface area (Å²) in [7, 11) is 0. The minimum Gasteiger partial charge on any atom is -0.475 e. The molecule has 3 N–H and O–H groups in total. The highest BCUT2D eigenvalue weighted by Crippen LogP contribution is 2.20. The van der Waals surface area contributed by atoms with Gasteiger partial charge < -0.3 is 15.8 Å². The molecule has 6 nitrogen and oxygen atoms in total. The molecule has 0 spiro atoms. The maximum absolute atomic E-state index is 5.78. The van der Waals surface area contributed by atoms with Gasteiger partial charge in [0.25, 0.3) is 0 Å². The number of pyridine rings is 1. The first-order valence-electron chi connectivity index (χ1n) is 6.18. The zero-order chi connectivity index (χ0) is 14.5. The Morgan fingerprint density at radius 3 is 2.95 bits per heavy atom. The number of aromatic nitrogens is 3. The summed E-state index contributed by atoms with van der Waals surface area (Å²) in [5, 5.41) is 3.25. The minimum absolute atomic E-state index is 0.0576. The van der Waals surface area contributed by atoms with Crippen LogP contribution in [0.2, 0.25) is 5.28 Å². The first-order chi connectivity index (χ1) is 9.56. The Labute approximate surface area is 122 Å². The lowest BCUT2D eigenvalue weighted by Crippen LogP contribution is -2.11. The number of nitrogens with zero attached hydrogens (tertiary/aromatic N) is 3. The summed E-state index contributed by atoms with van der Waals surface area (Å²) in [5.74, 6) is 1.08. The molecule has 106 valence electrons. The predicted molar refractivity (Wildman–Crippen MR) is 78.8 cm³/mol. The van der Waals surface area contributed by atoms with E-state index in [2.05, 4.69) is 20.3 Å². The molecule has 0 fully saturated rings. The number of nitrogens with one attached hydrogen (secondary N) is 1. The summed E-state index contributed by atoms with van der Waals surface area (Å²) in [4.78, 5) is 12.1. The van der Waals surface area contributed by atoms with Crippen molar-refractivity contribution in [1.82, 2.24) is 15.0 Å². The Kier molecular flexibility index (Phi) is 4.57. The van der Waals surface area contributed by atoms with Crippen LogP contribution >= 0.6 is 11.6 Å². The van der Waals surface area contributed by atoms with Crippen molar-refractivity contribution < 1.29 is 4.74 Å². The zero-order valence-corrected chi connectivity index (χ0v) is 12.1. The van der Waals surface area contributed by atoms with Crippen LogP contribution in [0.1, 0.15) is 19.4 Å². The average molecular weight is 294 g/mol. The van der Waals surface area contributed by atoms with E-state index in [1.807, 2.05) is 26.0 Å². The van der Waals surface area contributed by atoms with Crippen LogP contribution in [-0.4, -0.2) is 21.1 Å². The van der Waals surface area contributed by atoms with Crippen molar-refractivity contribution in [3.63, 3.8) is 0 Å². The number of hydrogen-bond donors (Lipinski definition) is 2. The third-order valence-electron chi connectivity index (χ3n) is 2.43. The van der Waals surface area contributed by atoms with Crippen molar-refractivity contribution in [1.29, 1.82) is 0 Å². The van der Waals surface area contributed by atoms with E-state index >= 15 is 0 Å². The first kappa shape index (κ1) is 14.3. The molecule has 0 unspecified atom stereocenters. The lowest BCUT2D eigenvalue weighted by molar-refractivity contribution is 0.230. The van der Waals surface area contributed by atoms with Crippen LogP contribution in [0, 0.1) is 0 Å². The monoisotopic (exact) mass is 293 g/mol. The van der Waals surface area contributed by atoms with Gasteiger partial charge in [0, 0.05) is 18.3 Å². The van der Waals surface area contributed by atoms with Crippen LogP contribution in [-0.2, 0) is 6.54 Å². The molecule has 2 aromatic rings. The van der Waals surface area contributed by atoms with E-state index in [0.717, 1.165) is 5.56 Å². The standard InChI is InChI=1S/C13H16ClN5O/c1-8(2)20-12-9(4-3-5-16-12)6-17-11-10(15)7-18-13(14)19-11/h3-5,7-8H,6,15H2,1-2H3,(H,17,18,19). The van der Waals surface area contributed by atoms with Gasteiger partial charge in [-0.05, 0) is 31.5 Å². The Morgan fingerprint density at radius 1 is 1.40 bits per heavy atom. The number of rotatable bonds is 5. The van der Waals surface area contributed by atoms with Crippen LogP contribution in [0.15, 0.2) is 24.5 Å². The molecule has 0 saturated heterocycles.